The van der Waals surface area contributed by atoms with Crippen LogP contribution in [-0.2, 0) is 11.3 Å². The number of rotatable bonds is 4. The first-order chi connectivity index (χ1) is 10.7. The van der Waals surface area contributed by atoms with Crippen molar-refractivity contribution in [3.8, 4) is 0 Å². The first-order valence-corrected chi connectivity index (χ1v) is 8.03. The van der Waals surface area contributed by atoms with Crippen LogP contribution >= 0.6 is 11.3 Å². The lowest BCUT2D eigenvalue weighted by atomic mass is 10.1. The molecule has 1 saturated carbocycles. The molecule has 0 aliphatic heterocycles. The molecule has 0 bridgehead atoms. The zero-order chi connectivity index (χ0) is 15.1. The Hall–Kier alpha value is -2.21. The molecule has 0 spiro atoms. The number of fused-ring (bicyclic) bond motifs is 1. The second-order valence-corrected chi connectivity index (χ2v) is 6.42. The first kappa shape index (κ1) is 13.5. The van der Waals surface area contributed by atoms with Gasteiger partial charge in [0.2, 0.25) is 5.91 Å². The Morgan fingerprint density at radius 2 is 2.23 bits per heavy atom. The van der Waals surface area contributed by atoms with E-state index in [1.165, 1.54) is 12.1 Å². The maximum Gasteiger partial charge on any atom is 0.224 e. The van der Waals surface area contributed by atoms with Gasteiger partial charge in [0.1, 0.15) is 5.82 Å². The number of carbonyl (C=O) groups excluding carboxylic acids is 1. The van der Waals surface area contributed by atoms with Crippen LogP contribution in [0.5, 0.6) is 0 Å². The molecular weight excluding hydrogens is 301 g/mol. The van der Waals surface area contributed by atoms with Gasteiger partial charge >= 0.3 is 0 Å². The summed E-state index contributed by atoms with van der Waals surface area (Å²) < 4.78 is 14.9. The first-order valence-electron chi connectivity index (χ1n) is 7.15. The monoisotopic (exact) mass is 315 g/mol. The van der Waals surface area contributed by atoms with E-state index in [4.69, 9.17) is 0 Å². The quantitative estimate of drug-likeness (QED) is 0.804. The molecule has 2 heterocycles. The minimum atomic E-state index is -0.245. The zero-order valence-corrected chi connectivity index (χ0v) is 12.5. The van der Waals surface area contributed by atoms with Gasteiger partial charge in [-0.1, -0.05) is 12.1 Å². The number of benzene rings is 1. The Balaban J connectivity index is 1.35. The summed E-state index contributed by atoms with van der Waals surface area (Å²) in [4.78, 5) is 17.5. The van der Waals surface area contributed by atoms with Crippen LogP contribution < -0.4 is 5.32 Å². The molecule has 22 heavy (non-hydrogen) atoms. The van der Waals surface area contributed by atoms with Crippen molar-refractivity contribution in [1.82, 2.24) is 14.7 Å². The molecule has 4 rings (SSSR count). The fraction of sp³-hybridized carbons (Fsp3) is 0.250. The largest absolute Gasteiger partial charge is 0.350 e. The van der Waals surface area contributed by atoms with E-state index in [1.54, 1.807) is 23.5 Å². The fourth-order valence-electron chi connectivity index (χ4n) is 2.73. The van der Waals surface area contributed by atoms with Gasteiger partial charge in [0.15, 0.2) is 4.96 Å². The average Bonchev–Trinajstić information content (AvgIpc) is 3.03. The summed E-state index contributed by atoms with van der Waals surface area (Å²) in [6.07, 6.45) is 4.70. The lowest BCUT2D eigenvalue weighted by Gasteiger charge is -2.03. The fourth-order valence-corrected chi connectivity index (χ4v) is 3.45. The van der Waals surface area contributed by atoms with Gasteiger partial charge in [-0.3, -0.25) is 9.20 Å². The molecule has 2 atom stereocenters. The number of carbonyl (C=O) groups is 1. The van der Waals surface area contributed by atoms with Crippen LogP contribution in [0.1, 0.15) is 23.6 Å². The number of imidazole rings is 1. The molecule has 3 aromatic rings. The zero-order valence-electron chi connectivity index (χ0n) is 11.7. The van der Waals surface area contributed by atoms with Crippen molar-refractivity contribution in [2.75, 3.05) is 0 Å². The smallest absolute Gasteiger partial charge is 0.224 e. The van der Waals surface area contributed by atoms with Crippen LogP contribution in [0.2, 0.25) is 0 Å². The minimum Gasteiger partial charge on any atom is -0.350 e. The van der Waals surface area contributed by atoms with Crippen molar-refractivity contribution >= 4 is 22.2 Å². The Morgan fingerprint density at radius 1 is 1.41 bits per heavy atom. The third kappa shape index (κ3) is 2.50. The van der Waals surface area contributed by atoms with Gasteiger partial charge in [-0.05, 0) is 30.0 Å². The van der Waals surface area contributed by atoms with Crippen molar-refractivity contribution in [3.63, 3.8) is 0 Å². The molecule has 112 valence electrons. The second-order valence-electron chi connectivity index (χ2n) is 5.54. The van der Waals surface area contributed by atoms with Crippen molar-refractivity contribution < 1.29 is 9.18 Å². The average molecular weight is 315 g/mol. The van der Waals surface area contributed by atoms with E-state index >= 15 is 0 Å². The summed E-state index contributed by atoms with van der Waals surface area (Å²) in [6, 6.07) is 6.41. The molecule has 2 unspecified atom stereocenters. The van der Waals surface area contributed by atoms with Gasteiger partial charge in [0.05, 0.1) is 12.2 Å². The van der Waals surface area contributed by atoms with Crippen LogP contribution in [-0.4, -0.2) is 15.3 Å². The highest BCUT2D eigenvalue weighted by Crippen LogP contribution is 2.47. The van der Waals surface area contributed by atoms with Crippen LogP contribution in [0.25, 0.3) is 4.96 Å². The van der Waals surface area contributed by atoms with Crippen LogP contribution in [0.4, 0.5) is 4.39 Å². The molecule has 0 radical (unpaired) electrons. The van der Waals surface area contributed by atoms with Crippen molar-refractivity contribution in [2.24, 2.45) is 5.92 Å². The number of amides is 1. The Bertz CT molecular complexity index is 795. The summed E-state index contributed by atoms with van der Waals surface area (Å²) in [5.41, 5.74) is 1.89. The predicted octanol–water partition coefficient (Wildman–Crippen LogP) is 2.95. The van der Waals surface area contributed by atoms with Gasteiger partial charge in [-0.25, -0.2) is 9.37 Å². The van der Waals surface area contributed by atoms with Crippen LogP contribution in [0.3, 0.4) is 0 Å². The number of hydrogen-bond acceptors (Lipinski definition) is 3. The van der Waals surface area contributed by atoms with E-state index in [9.17, 15) is 9.18 Å². The Morgan fingerprint density at radius 3 is 3.00 bits per heavy atom. The molecule has 1 N–H and O–H groups in total. The van der Waals surface area contributed by atoms with Crippen LogP contribution in [0.15, 0.2) is 42.0 Å². The molecule has 4 nitrogen and oxygen atoms in total. The van der Waals surface area contributed by atoms with Gasteiger partial charge < -0.3 is 5.32 Å². The van der Waals surface area contributed by atoms with E-state index in [-0.39, 0.29) is 23.6 Å². The van der Waals surface area contributed by atoms with Crippen molar-refractivity contribution in [1.29, 1.82) is 0 Å². The molecule has 1 fully saturated rings. The van der Waals surface area contributed by atoms with E-state index in [1.807, 2.05) is 22.2 Å². The number of thiazole rings is 1. The maximum atomic E-state index is 12.9. The lowest BCUT2D eigenvalue weighted by Crippen LogP contribution is -2.25. The summed E-state index contributed by atoms with van der Waals surface area (Å²) in [7, 11) is 0. The Kier molecular flexibility index (Phi) is 3.18. The van der Waals surface area contributed by atoms with E-state index in [2.05, 4.69) is 10.3 Å². The highest BCUT2D eigenvalue weighted by molar-refractivity contribution is 7.15. The van der Waals surface area contributed by atoms with Gasteiger partial charge in [-0.15, -0.1) is 11.3 Å². The molecule has 1 aliphatic carbocycles. The molecule has 6 heteroatoms. The SMILES string of the molecule is O=C(NCc1cn2ccsc2n1)C1CC1c1ccc(F)cc1. The molecule has 0 saturated heterocycles. The summed E-state index contributed by atoms with van der Waals surface area (Å²) in [6.45, 7) is 0.444. The summed E-state index contributed by atoms with van der Waals surface area (Å²) >= 11 is 1.57. The topological polar surface area (TPSA) is 46.4 Å². The van der Waals surface area contributed by atoms with E-state index in [0.717, 1.165) is 22.6 Å². The lowest BCUT2D eigenvalue weighted by molar-refractivity contribution is -0.122. The Labute approximate surface area is 130 Å². The van der Waals surface area contributed by atoms with Gasteiger partial charge in [0, 0.05) is 23.7 Å². The molecule has 1 aromatic carbocycles. The number of hydrogen-bond donors (Lipinski definition) is 1. The molecular formula is C16H14FN3OS. The third-order valence-corrected chi connectivity index (χ3v) is 4.78. The normalized spacial score (nSPS) is 20.2. The van der Waals surface area contributed by atoms with Crippen LogP contribution in [0, 0.1) is 11.7 Å². The number of aromatic nitrogens is 2. The van der Waals surface area contributed by atoms with E-state index < -0.39 is 0 Å². The third-order valence-electron chi connectivity index (χ3n) is 4.01. The predicted molar refractivity (Wildman–Crippen MR) is 82.2 cm³/mol. The summed E-state index contributed by atoms with van der Waals surface area (Å²) in [5.74, 6) is 0.0103. The minimum absolute atomic E-state index is 0.00538. The molecule has 2 aromatic heterocycles. The van der Waals surface area contributed by atoms with E-state index in [0.29, 0.717) is 6.54 Å². The van der Waals surface area contributed by atoms with Gasteiger partial charge in [0.25, 0.3) is 0 Å². The summed E-state index contributed by atoms with van der Waals surface area (Å²) in [5, 5.41) is 4.91. The number of nitrogens with one attached hydrogen (secondary N) is 1. The van der Waals surface area contributed by atoms with Crippen molar-refractivity contribution in [3.05, 3.63) is 59.1 Å². The number of halogens is 1. The highest BCUT2D eigenvalue weighted by atomic mass is 32.1. The second kappa shape index (κ2) is 5.21. The number of nitrogens with zero attached hydrogens (tertiary/aromatic N) is 2. The maximum absolute atomic E-state index is 12.9. The highest BCUT2D eigenvalue weighted by Gasteiger charge is 2.43. The molecule has 1 aliphatic rings. The van der Waals surface area contributed by atoms with Crippen molar-refractivity contribution in [2.45, 2.75) is 18.9 Å². The van der Waals surface area contributed by atoms with Gasteiger partial charge in [-0.2, -0.15) is 0 Å². The molecule has 1 amide bonds. The standard InChI is InChI=1S/C16H14FN3OS/c17-11-3-1-10(2-4-11)13-7-14(13)15(21)18-8-12-9-20-5-6-22-16(20)19-12/h1-6,9,13-14H,7-8H2,(H,18,21).